The van der Waals surface area contributed by atoms with Crippen LogP contribution in [0.4, 0.5) is 0 Å². The molecule has 0 aliphatic carbocycles. The van der Waals surface area contributed by atoms with Gasteiger partial charge in [-0.3, -0.25) is 0 Å². The first-order valence-electron chi connectivity index (χ1n) is 6.87. The van der Waals surface area contributed by atoms with Crippen LogP contribution in [0.15, 0.2) is 11.1 Å². The summed E-state index contributed by atoms with van der Waals surface area (Å²) >= 11 is 0. The fourth-order valence-electron chi connectivity index (χ4n) is 1.31. The van der Waals surface area contributed by atoms with Gasteiger partial charge in [-0.25, -0.2) is 0 Å². The van der Waals surface area contributed by atoms with E-state index in [1.54, 1.807) is 7.11 Å². The van der Waals surface area contributed by atoms with E-state index >= 15 is 0 Å². The first-order chi connectivity index (χ1) is 7.95. The Morgan fingerprint density at radius 1 is 1.13 bits per heavy atom. The van der Waals surface area contributed by atoms with E-state index in [1.807, 2.05) is 41.5 Å². The molecule has 0 aliphatic rings. The van der Waals surface area contributed by atoms with Gasteiger partial charge < -0.3 is 9.47 Å². The summed E-state index contributed by atoms with van der Waals surface area (Å²) in [6.07, 6.45) is 0. The monoisotopic (exact) mass is 217 g/mol. The summed E-state index contributed by atoms with van der Waals surface area (Å²) in [7, 11) is 1.65. The summed E-state index contributed by atoms with van der Waals surface area (Å²) in [5.74, 6) is 0. The van der Waals surface area contributed by atoms with Gasteiger partial charge in [0, 0.05) is 16.4 Å². The molecule has 1 unspecified atom stereocenters. The van der Waals surface area contributed by atoms with E-state index in [0.29, 0.717) is 0 Å². The zero-order chi connectivity index (χ0) is 14.7. The summed E-state index contributed by atoms with van der Waals surface area (Å²) in [4.78, 5) is 0. The molecule has 0 aromatic heterocycles. The van der Waals surface area contributed by atoms with Crippen LogP contribution in [0.5, 0.6) is 0 Å². The van der Waals surface area contributed by atoms with E-state index < -0.39 is 24.7 Å². The van der Waals surface area contributed by atoms with Crippen LogP contribution in [0.2, 0.25) is 0 Å². The van der Waals surface area contributed by atoms with E-state index in [-0.39, 0.29) is 0 Å². The fourth-order valence-corrected chi connectivity index (χ4v) is 1.31. The lowest BCUT2D eigenvalue weighted by atomic mass is 9.87. The van der Waals surface area contributed by atoms with Crippen LogP contribution in [0.3, 0.4) is 0 Å². The smallest absolute Gasteiger partial charge is 0.0836 e. The summed E-state index contributed by atoms with van der Waals surface area (Å²) < 4.78 is 32.9. The summed E-state index contributed by atoms with van der Waals surface area (Å²) in [6.45, 7) is 9.06. The van der Waals surface area contributed by atoms with Gasteiger partial charge in [0.2, 0.25) is 0 Å². The Morgan fingerprint density at radius 3 is 2.00 bits per heavy atom. The lowest BCUT2D eigenvalue weighted by Gasteiger charge is -2.33. The number of methoxy groups -OCH3 is 1. The molecule has 0 N–H and O–H groups in total. The van der Waals surface area contributed by atoms with Crippen molar-refractivity contribution in [3.05, 3.63) is 11.1 Å². The van der Waals surface area contributed by atoms with Crippen LogP contribution in [0.25, 0.3) is 0 Å². The van der Waals surface area contributed by atoms with Gasteiger partial charge in [-0.05, 0) is 59.6 Å². The van der Waals surface area contributed by atoms with Gasteiger partial charge in [-0.15, -0.1) is 0 Å². The van der Waals surface area contributed by atoms with Crippen molar-refractivity contribution < 1.29 is 13.6 Å². The van der Waals surface area contributed by atoms with E-state index in [9.17, 15) is 0 Å². The maximum Gasteiger partial charge on any atom is 0.0836 e. The van der Waals surface area contributed by atoms with E-state index in [4.69, 9.17) is 13.6 Å². The average molecular weight is 217 g/mol. The van der Waals surface area contributed by atoms with E-state index in [1.165, 1.54) is 0 Å². The van der Waals surface area contributed by atoms with Crippen molar-refractivity contribution in [3.63, 3.8) is 0 Å². The molecule has 15 heavy (non-hydrogen) atoms. The molecule has 0 aromatic carbocycles. The van der Waals surface area contributed by atoms with Gasteiger partial charge >= 0.3 is 0 Å². The molecule has 0 saturated carbocycles. The molecule has 0 heterocycles. The molecule has 0 radical (unpaired) electrons. The fraction of sp³-hybridized carbons (Fsp3) is 0.846. The van der Waals surface area contributed by atoms with Gasteiger partial charge in [0.05, 0.1) is 12.6 Å². The number of rotatable bonds is 5. The largest absolute Gasteiger partial charge is 0.374 e. The predicted molar refractivity (Wildman–Crippen MR) is 65.2 cm³/mol. The Kier molecular flexibility index (Phi) is 3.37. The van der Waals surface area contributed by atoms with Crippen molar-refractivity contribution in [1.29, 1.82) is 0 Å². The van der Waals surface area contributed by atoms with Crippen LogP contribution in [0.1, 0.15) is 52.5 Å². The molecular weight excluding hydrogens is 188 g/mol. The molecule has 0 saturated heterocycles. The predicted octanol–water partition coefficient (Wildman–Crippen LogP) is 3.56. The van der Waals surface area contributed by atoms with Crippen molar-refractivity contribution in [3.8, 4) is 0 Å². The highest BCUT2D eigenvalue weighted by atomic mass is 16.5. The van der Waals surface area contributed by atoms with Crippen molar-refractivity contribution in [2.45, 2.75) is 59.6 Å². The van der Waals surface area contributed by atoms with Crippen molar-refractivity contribution in [2.24, 2.45) is 0 Å². The Hall–Kier alpha value is -0.340. The molecule has 1 atom stereocenters. The first-order valence-corrected chi connectivity index (χ1v) is 5.14. The Labute approximate surface area is 98.9 Å². The van der Waals surface area contributed by atoms with Crippen molar-refractivity contribution in [1.82, 2.24) is 0 Å². The lowest BCUT2D eigenvalue weighted by Crippen LogP contribution is -2.32. The molecule has 0 bridgehead atoms. The van der Waals surface area contributed by atoms with Crippen molar-refractivity contribution >= 4 is 0 Å². The van der Waals surface area contributed by atoms with E-state index in [0.717, 1.165) is 11.1 Å². The minimum atomic E-state index is -1.31. The second-order valence-corrected chi connectivity index (χ2v) is 4.73. The second-order valence-electron chi connectivity index (χ2n) is 4.73. The Balaban J connectivity index is 5.16. The maximum absolute atomic E-state index is 7.57. The van der Waals surface area contributed by atoms with Crippen LogP contribution >= 0.6 is 0 Å². The SMILES string of the molecule is [2H]C([2H])C([2H])OC(C)(C)/C(C)=C(/C)C(C)(C)OC. The number of hydrogen-bond acceptors (Lipinski definition) is 2. The quantitative estimate of drug-likeness (QED) is 0.656. The van der Waals surface area contributed by atoms with Gasteiger partial charge in [0.1, 0.15) is 0 Å². The normalized spacial score (nSPS) is 20.4. The molecule has 2 nitrogen and oxygen atoms in total. The summed E-state index contributed by atoms with van der Waals surface area (Å²) in [6, 6.07) is 0. The summed E-state index contributed by atoms with van der Waals surface area (Å²) in [5, 5.41) is 0. The number of hydrogen-bond donors (Lipinski definition) is 0. The van der Waals surface area contributed by atoms with Crippen LogP contribution < -0.4 is 0 Å². The molecule has 90 valence electrons. The highest BCUT2D eigenvalue weighted by Gasteiger charge is 2.28. The summed E-state index contributed by atoms with van der Waals surface area (Å²) in [5.41, 5.74) is 0.914. The van der Waals surface area contributed by atoms with Gasteiger partial charge in [0.15, 0.2) is 0 Å². The average Bonchev–Trinajstić information content (AvgIpc) is 2.26. The van der Waals surface area contributed by atoms with E-state index in [2.05, 4.69) is 0 Å². The molecule has 0 aliphatic heterocycles. The highest BCUT2D eigenvalue weighted by molar-refractivity contribution is 5.25. The standard InChI is InChI=1S/C13H26O2/c1-9-15-13(6,7)11(3)10(2)12(4,5)14-8/h9H2,1-8H3/b11-10-/i1D2,9D. The van der Waals surface area contributed by atoms with Crippen LogP contribution in [0, 0.1) is 0 Å². The van der Waals surface area contributed by atoms with Gasteiger partial charge in [-0.1, -0.05) is 0 Å². The Morgan fingerprint density at radius 2 is 1.60 bits per heavy atom. The minimum Gasteiger partial charge on any atom is -0.374 e. The molecular formula is C13H26O2. The minimum absolute atomic E-state index is 0.399. The zero-order valence-electron chi connectivity index (χ0n) is 14.0. The topological polar surface area (TPSA) is 18.5 Å². The van der Waals surface area contributed by atoms with Gasteiger partial charge in [0.25, 0.3) is 0 Å². The molecule has 0 fully saturated rings. The molecule has 0 amide bonds. The zero-order valence-corrected chi connectivity index (χ0v) is 11.0. The third-order valence-electron chi connectivity index (χ3n) is 3.24. The first kappa shape index (κ1) is 9.86. The lowest BCUT2D eigenvalue weighted by molar-refractivity contribution is 0.0110. The molecule has 0 spiro atoms. The maximum atomic E-state index is 7.57. The third kappa shape index (κ3) is 3.62. The Bertz CT molecular complexity index is 309. The molecule has 0 rings (SSSR count). The van der Waals surface area contributed by atoms with Gasteiger partial charge in [-0.2, -0.15) is 0 Å². The van der Waals surface area contributed by atoms with Crippen LogP contribution in [-0.4, -0.2) is 24.9 Å². The molecule has 0 aromatic rings. The second kappa shape index (κ2) is 5.13. The van der Waals surface area contributed by atoms with Crippen molar-refractivity contribution in [2.75, 3.05) is 13.7 Å². The number of ether oxygens (including phenoxy) is 2. The third-order valence-corrected chi connectivity index (χ3v) is 3.24. The highest BCUT2D eigenvalue weighted by Crippen LogP contribution is 2.30. The molecule has 2 heteroatoms. The van der Waals surface area contributed by atoms with Crippen LogP contribution in [-0.2, 0) is 9.47 Å².